The summed E-state index contributed by atoms with van der Waals surface area (Å²) in [4.78, 5) is 12.2. The summed E-state index contributed by atoms with van der Waals surface area (Å²) < 4.78 is 0.911. The van der Waals surface area contributed by atoms with Crippen molar-refractivity contribution in [3.8, 4) is 0 Å². The Morgan fingerprint density at radius 1 is 1.38 bits per heavy atom. The average Bonchev–Trinajstić information content (AvgIpc) is 2.75. The molecule has 3 heteroatoms. The Balaban J connectivity index is 2.32. The van der Waals surface area contributed by atoms with E-state index < -0.39 is 0 Å². The molecule has 0 bridgehead atoms. The summed E-state index contributed by atoms with van der Waals surface area (Å²) in [7, 11) is 0. The zero-order valence-corrected chi connectivity index (χ0v) is 11.2. The Morgan fingerprint density at radius 2 is 2.06 bits per heavy atom. The molecule has 1 aliphatic heterocycles. The first kappa shape index (κ1) is 11.8. The molecule has 0 amide bonds. The van der Waals surface area contributed by atoms with Gasteiger partial charge in [0.05, 0.1) is 6.04 Å². The monoisotopic (exact) mass is 281 g/mol. The van der Waals surface area contributed by atoms with Gasteiger partial charge in [0.1, 0.15) is 0 Å². The summed E-state index contributed by atoms with van der Waals surface area (Å²) in [5, 5.41) is 3.25. The van der Waals surface area contributed by atoms with Gasteiger partial charge in [0, 0.05) is 10.0 Å². The Morgan fingerprint density at radius 3 is 2.69 bits per heavy atom. The van der Waals surface area contributed by atoms with Crippen LogP contribution in [0.4, 0.5) is 0 Å². The standard InChI is InChI=1S/C13H16BrNO/c1-8-6-10(11(14)7-9(8)2)13(16)12-4-3-5-15-12/h6-7,12,15H,3-5H2,1-2H3. The van der Waals surface area contributed by atoms with E-state index in [2.05, 4.69) is 28.2 Å². The van der Waals surface area contributed by atoms with Crippen LogP contribution in [0.1, 0.15) is 34.3 Å². The van der Waals surface area contributed by atoms with Crippen molar-refractivity contribution in [3.63, 3.8) is 0 Å². The molecule has 0 spiro atoms. The van der Waals surface area contributed by atoms with Gasteiger partial charge < -0.3 is 5.32 Å². The molecule has 1 atom stereocenters. The number of hydrogen-bond acceptors (Lipinski definition) is 2. The van der Waals surface area contributed by atoms with Gasteiger partial charge in [-0.2, -0.15) is 0 Å². The summed E-state index contributed by atoms with van der Waals surface area (Å²) in [6, 6.07) is 4.03. The molecule has 0 radical (unpaired) electrons. The number of carbonyl (C=O) groups excluding carboxylic acids is 1. The average molecular weight is 282 g/mol. The smallest absolute Gasteiger partial charge is 0.180 e. The van der Waals surface area contributed by atoms with Crippen LogP contribution in [0.3, 0.4) is 0 Å². The molecule has 1 fully saturated rings. The number of halogens is 1. The summed E-state index contributed by atoms with van der Waals surface area (Å²) in [5.74, 6) is 0.215. The van der Waals surface area contributed by atoms with E-state index in [9.17, 15) is 4.79 Å². The first-order chi connectivity index (χ1) is 7.59. The summed E-state index contributed by atoms with van der Waals surface area (Å²) in [5.41, 5.74) is 3.19. The van der Waals surface area contributed by atoms with E-state index in [-0.39, 0.29) is 11.8 Å². The highest BCUT2D eigenvalue weighted by molar-refractivity contribution is 9.10. The van der Waals surface area contributed by atoms with Gasteiger partial charge in [0.25, 0.3) is 0 Å². The quantitative estimate of drug-likeness (QED) is 0.845. The third kappa shape index (κ3) is 2.20. The molecule has 1 heterocycles. The van der Waals surface area contributed by atoms with Crippen molar-refractivity contribution in [1.29, 1.82) is 0 Å². The minimum atomic E-state index is 0.0124. The number of hydrogen-bond donors (Lipinski definition) is 1. The predicted octanol–water partition coefficient (Wildman–Crippen LogP) is 3.00. The fourth-order valence-corrected chi connectivity index (χ4v) is 2.72. The lowest BCUT2D eigenvalue weighted by molar-refractivity contribution is 0.0951. The van der Waals surface area contributed by atoms with Crippen LogP contribution in [-0.2, 0) is 0 Å². The van der Waals surface area contributed by atoms with Crippen LogP contribution in [0.5, 0.6) is 0 Å². The van der Waals surface area contributed by atoms with E-state index >= 15 is 0 Å². The molecule has 0 aromatic heterocycles. The number of rotatable bonds is 2. The number of Topliss-reactive ketones (excluding diaryl/α,β-unsaturated/α-hetero) is 1. The van der Waals surface area contributed by atoms with Crippen LogP contribution < -0.4 is 5.32 Å². The molecule has 1 N–H and O–H groups in total. The first-order valence-corrected chi connectivity index (χ1v) is 6.43. The maximum atomic E-state index is 12.2. The number of benzene rings is 1. The number of ketones is 1. The predicted molar refractivity (Wildman–Crippen MR) is 69.0 cm³/mol. The lowest BCUT2D eigenvalue weighted by Gasteiger charge is -2.12. The van der Waals surface area contributed by atoms with Gasteiger partial charge in [-0.3, -0.25) is 4.79 Å². The van der Waals surface area contributed by atoms with Crippen molar-refractivity contribution in [3.05, 3.63) is 33.3 Å². The van der Waals surface area contributed by atoms with Crippen LogP contribution in [0.15, 0.2) is 16.6 Å². The molecule has 16 heavy (non-hydrogen) atoms. The van der Waals surface area contributed by atoms with Crippen LogP contribution in [0.25, 0.3) is 0 Å². The summed E-state index contributed by atoms with van der Waals surface area (Å²) >= 11 is 3.48. The molecular weight excluding hydrogens is 266 g/mol. The van der Waals surface area contributed by atoms with E-state index in [0.717, 1.165) is 29.4 Å². The zero-order valence-electron chi connectivity index (χ0n) is 9.64. The van der Waals surface area contributed by atoms with Gasteiger partial charge >= 0.3 is 0 Å². The van der Waals surface area contributed by atoms with Crippen molar-refractivity contribution < 1.29 is 4.79 Å². The van der Waals surface area contributed by atoms with Crippen molar-refractivity contribution in [2.45, 2.75) is 32.7 Å². The van der Waals surface area contributed by atoms with Gasteiger partial charge in [-0.1, -0.05) is 15.9 Å². The van der Waals surface area contributed by atoms with Gasteiger partial charge in [-0.05, 0) is 56.5 Å². The highest BCUT2D eigenvalue weighted by Crippen LogP contribution is 2.24. The minimum absolute atomic E-state index is 0.0124. The zero-order chi connectivity index (χ0) is 11.7. The van der Waals surface area contributed by atoms with E-state index in [1.807, 2.05) is 19.1 Å². The molecule has 2 nitrogen and oxygen atoms in total. The molecule has 1 aromatic rings. The van der Waals surface area contributed by atoms with Crippen molar-refractivity contribution in [2.24, 2.45) is 0 Å². The molecule has 2 rings (SSSR count). The van der Waals surface area contributed by atoms with Gasteiger partial charge in [-0.15, -0.1) is 0 Å². The Labute approximate surface area is 105 Å². The van der Waals surface area contributed by atoms with E-state index in [4.69, 9.17) is 0 Å². The molecule has 1 aromatic carbocycles. The number of carbonyl (C=O) groups is 1. The minimum Gasteiger partial charge on any atom is -0.307 e. The fourth-order valence-electron chi connectivity index (χ4n) is 2.07. The molecule has 0 aliphatic carbocycles. The fraction of sp³-hybridized carbons (Fsp3) is 0.462. The molecule has 0 saturated carbocycles. The van der Waals surface area contributed by atoms with E-state index in [1.165, 1.54) is 11.1 Å². The molecular formula is C13H16BrNO. The van der Waals surface area contributed by atoms with Crippen LogP contribution in [0, 0.1) is 13.8 Å². The largest absolute Gasteiger partial charge is 0.307 e. The summed E-state index contributed by atoms with van der Waals surface area (Å²) in [6.45, 7) is 5.06. The Kier molecular flexibility index (Phi) is 3.45. The highest BCUT2D eigenvalue weighted by Gasteiger charge is 2.24. The lowest BCUT2D eigenvalue weighted by atomic mass is 9.99. The van der Waals surface area contributed by atoms with Gasteiger partial charge in [0.2, 0.25) is 0 Å². The third-order valence-corrected chi connectivity index (χ3v) is 3.88. The Bertz CT molecular complexity index is 422. The van der Waals surface area contributed by atoms with Crippen molar-refractivity contribution >= 4 is 21.7 Å². The van der Waals surface area contributed by atoms with Gasteiger partial charge in [0.15, 0.2) is 5.78 Å². The molecule has 1 aliphatic rings. The lowest BCUT2D eigenvalue weighted by Crippen LogP contribution is -2.31. The van der Waals surface area contributed by atoms with Crippen LogP contribution in [0.2, 0.25) is 0 Å². The van der Waals surface area contributed by atoms with E-state index in [1.54, 1.807) is 0 Å². The Hall–Kier alpha value is -0.670. The topological polar surface area (TPSA) is 29.1 Å². The van der Waals surface area contributed by atoms with Crippen molar-refractivity contribution in [2.75, 3.05) is 6.54 Å². The second-order valence-electron chi connectivity index (χ2n) is 4.43. The van der Waals surface area contributed by atoms with Crippen LogP contribution in [-0.4, -0.2) is 18.4 Å². The third-order valence-electron chi connectivity index (χ3n) is 3.23. The number of nitrogens with one attached hydrogen (secondary N) is 1. The second kappa shape index (κ2) is 4.68. The summed E-state index contributed by atoms with van der Waals surface area (Å²) in [6.07, 6.45) is 2.05. The second-order valence-corrected chi connectivity index (χ2v) is 5.28. The van der Waals surface area contributed by atoms with E-state index in [0.29, 0.717) is 0 Å². The van der Waals surface area contributed by atoms with Crippen LogP contribution >= 0.6 is 15.9 Å². The first-order valence-electron chi connectivity index (χ1n) is 5.64. The highest BCUT2D eigenvalue weighted by atomic mass is 79.9. The molecule has 1 saturated heterocycles. The van der Waals surface area contributed by atoms with Crippen molar-refractivity contribution in [1.82, 2.24) is 5.32 Å². The SMILES string of the molecule is Cc1cc(Br)c(C(=O)C2CCCN2)cc1C. The normalized spacial score (nSPS) is 20.1. The number of aryl methyl sites for hydroxylation is 2. The van der Waals surface area contributed by atoms with Gasteiger partial charge in [-0.25, -0.2) is 0 Å². The maximum Gasteiger partial charge on any atom is 0.180 e. The molecule has 86 valence electrons. The maximum absolute atomic E-state index is 12.2. The molecule has 1 unspecified atom stereocenters.